The number of nitrogens with one attached hydrogen (secondary N) is 1. The number of hydrogen-bond acceptors (Lipinski definition) is 3. The molecule has 1 aromatic rings. The SMILES string of the molecule is CC(C)(C)CCC(NCc1cccc(N2CCCC2)c1)C(=O)O. The fourth-order valence-electron chi connectivity index (χ4n) is 2.97. The van der Waals surface area contributed by atoms with Crippen LogP contribution in [0.5, 0.6) is 0 Å². The van der Waals surface area contributed by atoms with Crippen LogP contribution >= 0.6 is 0 Å². The molecule has 1 saturated heterocycles. The van der Waals surface area contributed by atoms with Gasteiger partial charge in [-0.15, -0.1) is 0 Å². The first-order valence-electron chi connectivity index (χ1n) is 8.65. The quantitative estimate of drug-likeness (QED) is 0.805. The molecule has 1 atom stereocenters. The van der Waals surface area contributed by atoms with E-state index < -0.39 is 12.0 Å². The average molecular weight is 318 g/mol. The molecule has 0 aromatic heterocycles. The molecule has 0 radical (unpaired) electrons. The zero-order chi connectivity index (χ0) is 16.9. The van der Waals surface area contributed by atoms with E-state index in [9.17, 15) is 9.90 Å². The Kier molecular flexibility index (Phi) is 6.05. The van der Waals surface area contributed by atoms with Crippen molar-refractivity contribution >= 4 is 11.7 Å². The Morgan fingerprint density at radius 3 is 2.61 bits per heavy atom. The van der Waals surface area contributed by atoms with E-state index in [0.717, 1.165) is 25.1 Å². The highest BCUT2D eigenvalue weighted by molar-refractivity contribution is 5.73. The molecule has 0 aliphatic carbocycles. The number of carboxylic acids is 1. The van der Waals surface area contributed by atoms with Crippen molar-refractivity contribution in [2.24, 2.45) is 5.41 Å². The standard InChI is InChI=1S/C19H30N2O2/c1-19(2,3)10-9-17(18(22)23)20-14-15-7-6-8-16(13-15)21-11-4-5-12-21/h6-8,13,17,20H,4-5,9-12,14H2,1-3H3,(H,22,23). The molecule has 4 nitrogen and oxygen atoms in total. The van der Waals surface area contributed by atoms with E-state index in [1.807, 2.05) is 0 Å². The number of hydrogen-bond donors (Lipinski definition) is 2. The molecule has 1 aliphatic rings. The lowest BCUT2D eigenvalue weighted by molar-refractivity contribution is -0.139. The van der Waals surface area contributed by atoms with Crippen molar-refractivity contribution in [3.8, 4) is 0 Å². The lowest BCUT2D eigenvalue weighted by Gasteiger charge is -2.22. The summed E-state index contributed by atoms with van der Waals surface area (Å²) in [6.45, 7) is 9.28. The molecule has 1 unspecified atom stereocenters. The first kappa shape index (κ1) is 17.8. The summed E-state index contributed by atoms with van der Waals surface area (Å²) in [5.74, 6) is -0.759. The van der Waals surface area contributed by atoms with E-state index in [1.165, 1.54) is 18.5 Å². The van der Waals surface area contributed by atoms with Crippen LogP contribution in [0.1, 0.15) is 52.0 Å². The highest BCUT2D eigenvalue weighted by Crippen LogP contribution is 2.23. The van der Waals surface area contributed by atoms with Gasteiger partial charge < -0.3 is 15.3 Å². The third kappa shape index (κ3) is 5.87. The van der Waals surface area contributed by atoms with Gasteiger partial charge in [-0.1, -0.05) is 32.9 Å². The molecule has 1 fully saturated rings. The second kappa shape index (κ2) is 7.82. The van der Waals surface area contributed by atoms with Crippen molar-refractivity contribution in [1.82, 2.24) is 5.32 Å². The molecule has 1 aliphatic heterocycles. The number of aliphatic carboxylic acids is 1. The van der Waals surface area contributed by atoms with Crippen LogP contribution in [-0.4, -0.2) is 30.2 Å². The predicted molar refractivity (Wildman–Crippen MR) is 94.8 cm³/mol. The van der Waals surface area contributed by atoms with E-state index in [2.05, 4.69) is 55.3 Å². The van der Waals surface area contributed by atoms with Crippen molar-refractivity contribution < 1.29 is 9.90 Å². The normalized spacial score (nSPS) is 16.6. The summed E-state index contributed by atoms with van der Waals surface area (Å²) in [4.78, 5) is 13.8. The Balaban J connectivity index is 1.92. The number of anilines is 1. The topological polar surface area (TPSA) is 52.6 Å². The summed E-state index contributed by atoms with van der Waals surface area (Å²) in [7, 11) is 0. The number of carbonyl (C=O) groups is 1. The van der Waals surface area contributed by atoms with Gasteiger partial charge in [0, 0.05) is 25.3 Å². The Hall–Kier alpha value is -1.55. The summed E-state index contributed by atoms with van der Waals surface area (Å²) in [5.41, 5.74) is 2.56. The molecule has 2 rings (SSSR count). The number of benzene rings is 1. The van der Waals surface area contributed by atoms with E-state index >= 15 is 0 Å². The zero-order valence-electron chi connectivity index (χ0n) is 14.6. The van der Waals surface area contributed by atoms with Crippen molar-refractivity contribution in [2.75, 3.05) is 18.0 Å². The summed E-state index contributed by atoms with van der Waals surface area (Å²) in [6.07, 6.45) is 4.07. The van der Waals surface area contributed by atoms with Crippen molar-refractivity contribution in [1.29, 1.82) is 0 Å². The molecule has 1 heterocycles. The van der Waals surface area contributed by atoms with Gasteiger partial charge in [-0.05, 0) is 48.8 Å². The monoisotopic (exact) mass is 318 g/mol. The van der Waals surface area contributed by atoms with Gasteiger partial charge in [0.25, 0.3) is 0 Å². The van der Waals surface area contributed by atoms with Gasteiger partial charge >= 0.3 is 5.97 Å². The van der Waals surface area contributed by atoms with Gasteiger partial charge in [-0.3, -0.25) is 4.79 Å². The van der Waals surface area contributed by atoms with Crippen LogP contribution in [-0.2, 0) is 11.3 Å². The van der Waals surface area contributed by atoms with Crippen LogP contribution in [0.2, 0.25) is 0 Å². The third-order valence-corrected chi connectivity index (χ3v) is 4.42. The summed E-state index contributed by atoms with van der Waals surface area (Å²) in [5, 5.41) is 12.6. The van der Waals surface area contributed by atoms with E-state index in [-0.39, 0.29) is 5.41 Å². The van der Waals surface area contributed by atoms with Crippen molar-refractivity contribution in [3.05, 3.63) is 29.8 Å². The molecule has 0 spiro atoms. The van der Waals surface area contributed by atoms with Crippen LogP contribution < -0.4 is 10.2 Å². The van der Waals surface area contributed by atoms with Crippen LogP contribution in [0.4, 0.5) is 5.69 Å². The molecular weight excluding hydrogens is 288 g/mol. The van der Waals surface area contributed by atoms with Crippen LogP contribution in [0.3, 0.4) is 0 Å². The highest BCUT2D eigenvalue weighted by Gasteiger charge is 2.20. The Bertz CT molecular complexity index is 516. The summed E-state index contributed by atoms with van der Waals surface area (Å²) >= 11 is 0. The first-order chi connectivity index (χ1) is 10.8. The minimum atomic E-state index is -0.759. The third-order valence-electron chi connectivity index (χ3n) is 4.42. The van der Waals surface area contributed by atoms with E-state index in [4.69, 9.17) is 0 Å². The fourth-order valence-corrected chi connectivity index (χ4v) is 2.97. The largest absolute Gasteiger partial charge is 0.480 e. The molecule has 2 N–H and O–H groups in total. The number of nitrogens with zero attached hydrogens (tertiary/aromatic N) is 1. The summed E-state index contributed by atoms with van der Waals surface area (Å²) < 4.78 is 0. The molecule has 23 heavy (non-hydrogen) atoms. The second-order valence-electron chi connectivity index (χ2n) is 7.74. The molecule has 1 aromatic carbocycles. The van der Waals surface area contributed by atoms with Gasteiger partial charge in [-0.2, -0.15) is 0 Å². The van der Waals surface area contributed by atoms with Crippen LogP contribution in [0, 0.1) is 5.41 Å². The Labute approximate surface area is 139 Å². The summed E-state index contributed by atoms with van der Waals surface area (Å²) in [6, 6.07) is 7.97. The van der Waals surface area contributed by atoms with Gasteiger partial charge in [0.05, 0.1) is 0 Å². The van der Waals surface area contributed by atoms with E-state index in [1.54, 1.807) is 0 Å². The van der Waals surface area contributed by atoms with Crippen molar-refractivity contribution in [3.63, 3.8) is 0 Å². The van der Waals surface area contributed by atoms with Crippen LogP contribution in [0.25, 0.3) is 0 Å². The maximum absolute atomic E-state index is 11.4. The number of rotatable bonds is 7. The minimum absolute atomic E-state index is 0.158. The first-order valence-corrected chi connectivity index (χ1v) is 8.65. The van der Waals surface area contributed by atoms with E-state index in [0.29, 0.717) is 13.0 Å². The van der Waals surface area contributed by atoms with Gasteiger partial charge in [-0.25, -0.2) is 0 Å². The van der Waals surface area contributed by atoms with Crippen LogP contribution in [0.15, 0.2) is 24.3 Å². The number of carboxylic acid groups (broad SMARTS) is 1. The maximum Gasteiger partial charge on any atom is 0.320 e. The Morgan fingerprint density at radius 2 is 2.00 bits per heavy atom. The molecule has 0 bridgehead atoms. The predicted octanol–water partition coefficient (Wildman–Crippen LogP) is 3.66. The van der Waals surface area contributed by atoms with Gasteiger partial charge in [0.1, 0.15) is 6.04 Å². The van der Waals surface area contributed by atoms with Gasteiger partial charge in [0.2, 0.25) is 0 Å². The minimum Gasteiger partial charge on any atom is -0.480 e. The zero-order valence-corrected chi connectivity index (χ0v) is 14.6. The molecule has 0 saturated carbocycles. The Morgan fingerprint density at radius 1 is 1.30 bits per heavy atom. The maximum atomic E-state index is 11.4. The molecule has 0 amide bonds. The average Bonchev–Trinajstić information content (AvgIpc) is 3.00. The lowest BCUT2D eigenvalue weighted by atomic mass is 9.88. The smallest absolute Gasteiger partial charge is 0.320 e. The lowest BCUT2D eigenvalue weighted by Crippen LogP contribution is -2.37. The van der Waals surface area contributed by atoms with Gasteiger partial charge in [0.15, 0.2) is 0 Å². The molecular formula is C19H30N2O2. The second-order valence-corrected chi connectivity index (χ2v) is 7.74. The fraction of sp³-hybridized carbons (Fsp3) is 0.632. The highest BCUT2D eigenvalue weighted by atomic mass is 16.4. The molecule has 4 heteroatoms. The van der Waals surface area contributed by atoms with Crippen molar-refractivity contribution in [2.45, 2.75) is 59.0 Å². The molecule has 128 valence electrons.